The number of hydrogen-bond donors (Lipinski definition) is 1. The lowest BCUT2D eigenvalue weighted by molar-refractivity contribution is 0.211. The van der Waals surface area contributed by atoms with E-state index in [0.717, 1.165) is 35.9 Å². The summed E-state index contributed by atoms with van der Waals surface area (Å²) in [6, 6.07) is 13.0. The van der Waals surface area contributed by atoms with Crippen molar-refractivity contribution in [3.05, 3.63) is 64.5 Å². The Morgan fingerprint density at radius 3 is 2.86 bits per heavy atom. The van der Waals surface area contributed by atoms with E-state index < -0.39 is 10.0 Å². The van der Waals surface area contributed by atoms with Crippen LogP contribution >= 0.6 is 11.6 Å². The molecule has 0 unspecified atom stereocenters. The fourth-order valence-electron chi connectivity index (χ4n) is 3.35. The van der Waals surface area contributed by atoms with Gasteiger partial charge in [0.15, 0.2) is 0 Å². The third-order valence-corrected chi connectivity index (χ3v) is 5.38. The number of rotatable bonds is 5. The molecular formula is C19H19ClN4O3S. The Hall–Kier alpha value is -2.42. The third kappa shape index (κ3) is 4.35. The van der Waals surface area contributed by atoms with E-state index in [2.05, 4.69) is 19.8 Å². The topological polar surface area (TPSA) is 88.3 Å². The van der Waals surface area contributed by atoms with Crippen molar-refractivity contribution in [1.82, 2.24) is 15.0 Å². The molecule has 1 aliphatic rings. The van der Waals surface area contributed by atoms with E-state index in [1.54, 1.807) is 18.2 Å². The highest BCUT2D eigenvalue weighted by molar-refractivity contribution is 7.92. The number of hydrogen-bond acceptors (Lipinski definition) is 6. The maximum absolute atomic E-state index is 11.6. The fourth-order valence-corrected chi connectivity index (χ4v) is 4.13. The van der Waals surface area contributed by atoms with Crippen LogP contribution in [-0.4, -0.2) is 36.3 Å². The van der Waals surface area contributed by atoms with Gasteiger partial charge >= 0.3 is 0 Å². The molecule has 2 heterocycles. The van der Waals surface area contributed by atoms with Gasteiger partial charge in [-0.15, -0.1) is 0 Å². The Labute approximate surface area is 168 Å². The molecular weight excluding hydrogens is 400 g/mol. The van der Waals surface area contributed by atoms with Crippen molar-refractivity contribution in [2.24, 2.45) is 0 Å². The smallest absolute Gasteiger partial charge is 0.241 e. The summed E-state index contributed by atoms with van der Waals surface area (Å²) in [6.45, 7) is 1.98. The van der Waals surface area contributed by atoms with Crippen LogP contribution in [0.5, 0.6) is 0 Å². The lowest BCUT2D eigenvalue weighted by Gasteiger charge is -2.28. The zero-order valence-electron chi connectivity index (χ0n) is 15.2. The van der Waals surface area contributed by atoms with Crippen LogP contribution in [0.15, 0.2) is 47.0 Å². The molecule has 0 amide bonds. The van der Waals surface area contributed by atoms with E-state index in [9.17, 15) is 8.42 Å². The predicted octanol–water partition coefficient (Wildman–Crippen LogP) is 3.32. The Morgan fingerprint density at radius 1 is 1.25 bits per heavy atom. The standard InChI is InChI=1S/C19H19ClN4O3S/c1-28(25,26)23-17-7-3-5-14-11-24(9-8-16(14)17)12-18-21-19(22-27-18)13-4-2-6-15(20)10-13/h2-7,10,23H,8-9,11-12H2,1H3. The predicted molar refractivity (Wildman–Crippen MR) is 107 cm³/mol. The maximum atomic E-state index is 11.6. The molecule has 7 nitrogen and oxygen atoms in total. The van der Waals surface area contributed by atoms with Gasteiger partial charge in [0.25, 0.3) is 0 Å². The van der Waals surface area contributed by atoms with Crippen LogP contribution in [0.4, 0.5) is 5.69 Å². The van der Waals surface area contributed by atoms with Gasteiger partial charge in [0, 0.05) is 23.7 Å². The number of nitrogens with zero attached hydrogens (tertiary/aromatic N) is 3. The molecule has 0 spiro atoms. The highest BCUT2D eigenvalue weighted by Crippen LogP contribution is 2.28. The average molecular weight is 419 g/mol. The van der Waals surface area contributed by atoms with Gasteiger partial charge < -0.3 is 4.52 Å². The summed E-state index contributed by atoms with van der Waals surface area (Å²) in [6.07, 6.45) is 1.90. The molecule has 4 rings (SSSR count). The Kier molecular flexibility index (Phi) is 5.09. The second-order valence-corrected chi connectivity index (χ2v) is 8.99. The lowest BCUT2D eigenvalue weighted by Crippen LogP contribution is -2.31. The largest absolute Gasteiger partial charge is 0.338 e. The molecule has 9 heteroatoms. The first-order valence-electron chi connectivity index (χ1n) is 8.77. The number of sulfonamides is 1. The zero-order valence-corrected chi connectivity index (χ0v) is 16.8. The van der Waals surface area contributed by atoms with E-state index in [0.29, 0.717) is 35.5 Å². The van der Waals surface area contributed by atoms with Crippen LogP contribution < -0.4 is 4.72 Å². The summed E-state index contributed by atoms with van der Waals surface area (Å²) in [5.41, 5.74) is 3.59. The van der Waals surface area contributed by atoms with E-state index in [1.807, 2.05) is 24.3 Å². The average Bonchev–Trinajstić information content (AvgIpc) is 3.09. The molecule has 0 aliphatic carbocycles. The van der Waals surface area contributed by atoms with Crippen LogP contribution in [-0.2, 0) is 29.5 Å². The van der Waals surface area contributed by atoms with Crippen LogP contribution in [0, 0.1) is 0 Å². The fraction of sp³-hybridized carbons (Fsp3) is 0.263. The zero-order chi connectivity index (χ0) is 19.7. The molecule has 1 aliphatic heterocycles. The molecule has 3 aromatic rings. The van der Waals surface area contributed by atoms with Gasteiger partial charge in [-0.05, 0) is 35.7 Å². The number of anilines is 1. The quantitative estimate of drug-likeness (QED) is 0.683. The minimum atomic E-state index is -3.31. The minimum absolute atomic E-state index is 0.509. The number of benzene rings is 2. The SMILES string of the molecule is CS(=O)(=O)Nc1cccc2c1CCN(Cc1nc(-c3cccc(Cl)c3)no1)C2. The first-order chi connectivity index (χ1) is 13.4. The molecule has 1 aromatic heterocycles. The van der Waals surface area contributed by atoms with Crippen molar-refractivity contribution < 1.29 is 12.9 Å². The molecule has 0 saturated carbocycles. The van der Waals surface area contributed by atoms with Crippen molar-refractivity contribution in [3.8, 4) is 11.4 Å². The van der Waals surface area contributed by atoms with E-state index in [4.69, 9.17) is 16.1 Å². The summed E-state index contributed by atoms with van der Waals surface area (Å²) < 4.78 is 31.2. The van der Waals surface area contributed by atoms with Gasteiger partial charge in [-0.1, -0.05) is 41.0 Å². The number of halogens is 1. The monoisotopic (exact) mass is 418 g/mol. The Balaban J connectivity index is 1.48. The molecule has 28 heavy (non-hydrogen) atoms. The summed E-state index contributed by atoms with van der Waals surface area (Å²) >= 11 is 6.02. The van der Waals surface area contributed by atoms with E-state index in [-0.39, 0.29) is 0 Å². The van der Waals surface area contributed by atoms with Gasteiger partial charge in [0.2, 0.25) is 21.7 Å². The number of aromatic nitrogens is 2. The van der Waals surface area contributed by atoms with Gasteiger partial charge in [-0.25, -0.2) is 8.42 Å². The minimum Gasteiger partial charge on any atom is -0.338 e. The Bertz CT molecular complexity index is 1110. The molecule has 0 atom stereocenters. The van der Waals surface area contributed by atoms with Crippen LogP contribution in [0.3, 0.4) is 0 Å². The molecule has 2 aromatic carbocycles. The maximum Gasteiger partial charge on any atom is 0.241 e. The van der Waals surface area contributed by atoms with E-state index >= 15 is 0 Å². The van der Waals surface area contributed by atoms with Crippen molar-refractivity contribution in [2.75, 3.05) is 17.5 Å². The Morgan fingerprint density at radius 2 is 2.07 bits per heavy atom. The molecule has 146 valence electrons. The summed E-state index contributed by atoms with van der Waals surface area (Å²) in [5.74, 6) is 1.04. The normalized spacial score (nSPS) is 14.6. The summed E-state index contributed by atoms with van der Waals surface area (Å²) in [5, 5.41) is 4.66. The number of fused-ring (bicyclic) bond motifs is 1. The second-order valence-electron chi connectivity index (χ2n) is 6.80. The molecule has 0 fully saturated rings. The van der Waals surface area contributed by atoms with Crippen LogP contribution in [0.2, 0.25) is 5.02 Å². The first-order valence-corrected chi connectivity index (χ1v) is 11.0. The van der Waals surface area contributed by atoms with E-state index in [1.165, 1.54) is 0 Å². The van der Waals surface area contributed by atoms with Crippen molar-refractivity contribution in [3.63, 3.8) is 0 Å². The van der Waals surface area contributed by atoms with Gasteiger partial charge in [-0.2, -0.15) is 4.98 Å². The van der Waals surface area contributed by atoms with Gasteiger partial charge in [0.1, 0.15) is 0 Å². The van der Waals surface area contributed by atoms with Crippen LogP contribution in [0.1, 0.15) is 17.0 Å². The lowest BCUT2D eigenvalue weighted by atomic mass is 9.98. The highest BCUT2D eigenvalue weighted by atomic mass is 35.5. The van der Waals surface area contributed by atoms with Crippen molar-refractivity contribution in [2.45, 2.75) is 19.5 Å². The van der Waals surface area contributed by atoms with Crippen molar-refractivity contribution >= 4 is 27.3 Å². The summed E-state index contributed by atoms with van der Waals surface area (Å²) in [7, 11) is -3.31. The second kappa shape index (κ2) is 7.54. The third-order valence-electron chi connectivity index (χ3n) is 4.55. The van der Waals surface area contributed by atoms with Crippen LogP contribution in [0.25, 0.3) is 11.4 Å². The van der Waals surface area contributed by atoms with Gasteiger partial charge in [-0.3, -0.25) is 9.62 Å². The molecule has 0 bridgehead atoms. The first kappa shape index (κ1) is 18.9. The number of nitrogens with one attached hydrogen (secondary N) is 1. The summed E-state index contributed by atoms with van der Waals surface area (Å²) in [4.78, 5) is 6.66. The highest BCUT2D eigenvalue weighted by Gasteiger charge is 2.22. The molecule has 0 saturated heterocycles. The molecule has 0 radical (unpaired) electrons. The van der Waals surface area contributed by atoms with Crippen molar-refractivity contribution in [1.29, 1.82) is 0 Å². The van der Waals surface area contributed by atoms with Gasteiger partial charge in [0.05, 0.1) is 18.5 Å². The molecule has 1 N–H and O–H groups in total.